The van der Waals surface area contributed by atoms with Gasteiger partial charge in [-0.3, -0.25) is 0 Å². The van der Waals surface area contributed by atoms with E-state index >= 15 is 0 Å². The number of hydrogen-bond donors (Lipinski definition) is 2. The van der Waals surface area contributed by atoms with E-state index < -0.39 is 10.0 Å². The molecular weight excluding hydrogens is 439 g/mol. The summed E-state index contributed by atoms with van der Waals surface area (Å²) in [5, 5.41) is 0.749. The number of nitrogens with one attached hydrogen (secondary N) is 1. The van der Waals surface area contributed by atoms with Gasteiger partial charge in [0.15, 0.2) is 0 Å². The Hall–Kier alpha value is -1.11. The maximum Gasteiger partial charge on any atom is 0.211 e. The first-order chi connectivity index (χ1) is 13.9. The van der Waals surface area contributed by atoms with Crippen LogP contribution in [0.4, 0.5) is 0 Å². The molecule has 0 fully saturated rings. The van der Waals surface area contributed by atoms with Gasteiger partial charge in [-0.15, -0.1) is 12.4 Å². The quantitative estimate of drug-likeness (QED) is 0.524. The number of sulfonamides is 1. The van der Waals surface area contributed by atoms with Crippen molar-refractivity contribution >= 4 is 34.0 Å². The highest BCUT2D eigenvalue weighted by Crippen LogP contribution is 2.34. The molecule has 2 unspecified atom stereocenters. The summed E-state index contributed by atoms with van der Waals surface area (Å²) in [7, 11) is -3.13. The van der Waals surface area contributed by atoms with Crippen molar-refractivity contribution in [1.29, 1.82) is 0 Å². The first-order valence-electron chi connectivity index (χ1n) is 10.5. The second kappa shape index (κ2) is 11.5. The molecule has 0 saturated heterocycles. The topological polar surface area (TPSA) is 72.2 Å². The van der Waals surface area contributed by atoms with Gasteiger partial charge in [0, 0.05) is 23.5 Å². The summed E-state index contributed by atoms with van der Waals surface area (Å²) < 4.78 is 26.2. The summed E-state index contributed by atoms with van der Waals surface area (Å²) >= 11 is 6.02. The molecule has 4 nitrogen and oxygen atoms in total. The molecule has 2 aromatic rings. The summed E-state index contributed by atoms with van der Waals surface area (Å²) in [6.07, 6.45) is 5.20. The lowest BCUT2D eigenvalue weighted by Crippen LogP contribution is -2.34. The van der Waals surface area contributed by atoms with Crippen LogP contribution in [0.3, 0.4) is 0 Å². The highest BCUT2D eigenvalue weighted by atomic mass is 35.5. The van der Waals surface area contributed by atoms with Crippen molar-refractivity contribution in [2.75, 3.05) is 12.3 Å². The summed E-state index contributed by atoms with van der Waals surface area (Å²) in [5.74, 6) is 0.485. The second-order valence-corrected chi connectivity index (χ2v) is 10.4. The van der Waals surface area contributed by atoms with Crippen LogP contribution in [0.5, 0.6) is 0 Å². The van der Waals surface area contributed by atoms with Crippen LogP contribution in [0.2, 0.25) is 5.02 Å². The van der Waals surface area contributed by atoms with E-state index in [4.69, 9.17) is 17.3 Å². The number of halogens is 2. The molecule has 3 rings (SSSR count). The van der Waals surface area contributed by atoms with E-state index in [-0.39, 0.29) is 24.2 Å². The number of nitrogens with two attached hydrogens (primary N) is 1. The molecule has 0 radical (unpaired) electrons. The fourth-order valence-corrected chi connectivity index (χ4v) is 5.39. The zero-order valence-electron chi connectivity index (χ0n) is 17.4. The Morgan fingerprint density at radius 3 is 2.53 bits per heavy atom. The average molecular weight is 471 g/mol. The van der Waals surface area contributed by atoms with E-state index in [1.807, 2.05) is 19.1 Å². The summed E-state index contributed by atoms with van der Waals surface area (Å²) in [6, 6.07) is 14.9. The van der Waals surface area contributed by atoms with Crippen molar-refractivity contribution in [3.05, 3.63) is 69.7 Å². The lowest BCUT2D eigenvalue weighted by Gasteiger charge is -2.32. The first kappa shape index (κ1) is 25.2. The third kappa shape index (κ3) is 6.96. The van der Waals surface area contributed by atoms with Gasteiger partial charge in [0.1, 0.15) is 0 Å². The van der Waals surface area contributed by atoms with Gasteiger partial charge < -0.3 is 5.73 Å². The molecule has 0 aliphatic heterocycles. The Kier molecular flexibility index (Phi) is 9.64. The summed E-state index contributed by atoms with van der Waals surface area (Å²) in [4.78, 5) is 0. The van der Waals surface area contributed by atoms with Crippen LogP contribution in [0.1, 0.15) is 54.4 Å². The van der Waals surface area contributed by atoms with Gasteiger partial charge in [-0.25, -0.2) is 13.1 Å². The van der Waals surface area contributed by atoms with Gasteiger partial charge in [-0.2, -0.15) is 0 Å². The van der Waals surface area contributed by atoms with E-state index in [1.54, 1.807) is 0 Å². The zero-order chi connectivity index (χ0) is 20.9. The van der Waals surface area contributed by atoms with E-state index in [9.17, 15) is 8.42 Å². The molecule has 0 spiro atoms. The Morgan fingerprint density at radius 2 is 1.83 bits per heavy atom. The van der Waals surface area contributed by atoms with Crippen molar-refractivity contribution in [2.24, 2.45) is 5.73 Å². The normalized spacial score (nSPS) is 18.5. The van der Waals surface area contributed by atoms with E-state index in [0.717, 1.165) is 37.1 Å². The van der Waals surface area contributed by atoms with Crippen LogP contribution in [0.25, 0.3) is 0 Å². The van der Waals surface area contributed by atoms with Crippen LogP contribution in [0, 0.1) is 0 Å². The molecule has 2 aromatic carbocycles. The van der Waals surface area contributed by atoms with Gasteiger partial charge in [0.2, 0.25) is 10.0 Å². The van der Waals surface area contributed by atoms with Gasteiger partial charge in [-0.1, -0.05) is 48.9 Å². The predicted octanol–water partition coefficient (Wildman–Crippen LogP) is 4.62. The smallest absolute Gasteiger partial charge is 0.211 e. The first-order valence-corrected chi connectivity index (χ1v) is 12.5. The van der Waals surface area contributed by atoms with Crippen molar-refractivity contribution in [1.82, 2.24) is 4.72 Å². The molecule has 30 heavy (non-hydrogen) atoms. The molecule has 0 amide bonds. The van der Waals surface area contributed by atoms with Crippen LogP contribution in [-0.4, -0.2) is 26.8 Å². The molecule has 2 atom stereocenters. The molecule has 0 saturated carbocycles. The Morgan fingerprint density at radius 1 is 1.13 bits per heavy atom. The third-order valence-electron chi connectivity index (χ3n) is 5.68. The second-order valence-electron chi connectivity index (χ2n) is 7.99. The van der Waals surface area contributed by atoms with E-state index in [1.165, 1.54) is 22.3 Å². The SMILES string of the molecule is CCCS(=O)(=O)NCCCc1ccc2c(c1)C(Cc1ccc(Cl)cc1)C(N)CC2.Cl. The van der Waals surface area contributed by atoms with Gasteiger partial charge in [-0.05, 0) is 72.9 Å². The molecule has 0 aromatic heterocycles. The van der Waals surface area contributed by atoms with Crippen LogP contribution < -0.4 is 10.5 Å². The van der Waals surface area contributed by atoms with E-state index in [0.29, 0.717) is 18.9 Å². The molecule has 166 valence electrons. The molecule has 1 aliphatic carbocycles. The number of benzene rings is 2. The van der Waals surface area contributed by atoms with Crippen molar-refractivity contribution in [3.8, 4) is 0 Å². The average Bonchev–Trinajstić information content (AvgIpc) is 2.69. The fraction of sp³-hybridized carbons (Fsp3) is 0.478. The lowest BCUT2D eigenvalue weighted by atomic mass is 9.76. The molecule has 7 heteroatoms. The maximum absolute atomic E-state index is 11.8. The Labute approximate surface area is 192 Å². The standard InChI is InChI=1S/C23H31ClN2O2S.ClH/c1-2-14-29(27,28)26-13-3-4-17-5-8-19-9-12-23(25)22(21(19)15-17)16-18-6-10-20(24)11-7-18;/h5-8,10-11,15,22-23,26H,2-4,9,12-14,16,25H2,1H3;1H. The number of fused-ring (bicyclic) bond motifs is 1. The van der Waals surface area contributed by atoms with Crippen LogP contribution >= 0.6 is 24.0 Å². The third-order valence-corrected chi connectivity index (χ3v) is 7.52. The minimum Gasteiger partial charge on any atom is -0.327 e. The van der Waals surface area contributed by atoms with Gasteiger partial charge in [0.05, 0.1) is 5.75 Å². The number of aryl methyl sites for hydroxylation is 2. The van der Waals surface area contributed by atoms with Crippen molar-refractivity contribution in [2.45, 2.75) is 57.4 Å². The molecule has 1 aliphatic rings. The minimum atomic E-state index is -3.13. The monoisotopic (exact) mass is 470 g/mol. The van der Waals surface area contributed by atoms with Crippen LogP contribution in [0.15, 0.2) is 42.5 Å². The van der Waals surface area contributed by atoms with Crippen molar-refractivity contribution < 1.29 is 8.42 Å². The predicted molar refractivity (Wildman–Crippen MR) is 128 cm³/mol. The molecule has 0 bridgehead atoms. The number of hydrogen-bond acceptors (Lipinski definition) is 3. The van der Waals surface area contributed by atoms with Crippen LogP contribution in [-0.2, 0) is 29.3 Å². The van der Waals surface area contributed by atoms with Crippen molar-refractivity contribution in [3.63, 3.8) is 0 Å². The van der Waals surface area contributed by atoms with Gasteiger partial charge in [0.25, 0.3) is 0 Å². The number of rotatable bonds is 9. The molecular formula is C23H32Cl2N2O2S. The maximum atomic E-state index is 11.8. The highest BCUT2D eigenvalue weighted by molar-refractivity contribution is 7.89. The van der Waals surface area contributed by atoms with E-state index in [2.05, 4.69) is 35.1 Å². The lowest BCUT2D eigenvalue weighted by molar-refractivity contribution is 0.467. The fourth-order valence-electron chi connectivity index (χ4n) is 4.12. The Balaban J connectivity index is 0.00000320. The molecule has 0 heterocycles. The zero-order valence-corrected chi connectivity index (χ0v) is 19.8. The largest absolute Gasteiger partial charge is 0.327 e. The Bertz CT molecular complexity index is 917. The minimum absolute atomic E-state index is 0. The highest BCUT2D eigenvalue weighted by Gasteiger charge is 2.27. The summed E-state index contributed by atoms with van der Waals surface area (Å²) in [6.45, 7) is 2.35. The summed E-state index contributed by atoms with van der Waals surface area (Å²) in [5.41, 5.74) is 11.7. The molecule has 3 N–H and O–H groups in total. The van der Waals surface area contributed by atoms with Gasteiger partial charge >= 0.3 is 0 Å².